The molecule has 0 radical (unpaired) electrons. The van der Waals surface area contributed by atoms with Gasteiger partial charge in [0.05, 0.1) is 18.4 Å². The van der Waals surface area contributed by atoms with Crippen LogP contribution in [0.25, 0.3) is 11.8 Å². The number of hydrogen-bond donors (Lipinski definition) is 1. The van der Waals surface area contributed by atoms with Gasteiger partial charge >= 0.3 is 0 Å². The number of nitrogens with one attached hydrogen (secondary N) is 1. The molecule has 3 aromatic rings. The molecular formula is C27H19Cl2N3O3S. The zero-order valence-corrected chi connectivity index (χ0v) is 21.3. The Morgan fingerprint density at radius 2 is 1.78 bits per heavy atom. The van der Waals surface area contributed by atoms with E-state index < -0.39 is 5.91 Å². The summed E-state index contributed by atoms with van der Waals surface area (Å²) in [6.45, 7) is 0.164. The van der Waals surface area contributed by atoms with Crippen molar-refractivity contribution >= 4 is 63.6 Å². The highest BCUT2D eigenvalue weighted by atomic mass is 35.5. The largest absolute Gasteiger partial charge is 0.493 e. The number of amidine groups is 2. The minimum Gasteiger partial charge on any atom is -0.493 e. The Hall–Kier alpha value is -3.52. The van der Waals surface area contributed by atoms with Crippen molar-refractivity contribution in [2.75, 3.05) is 7.11 Å². The van der Waals surface area contributed by atoms with Gasteiger partial charge in [0.2, 0.25) is 0 Å². The molecular weight excluding hydrogens is 517 g/mol. The van der Waals surface area contributed by atoms with Crippen LogP contribution in [0.4, 0.5) is 0 Å². The summed E-state index contributed by atoms with van der Waals surface area (Å²) in [5, 5.41) is 12.2. The third-order valence-corrected chi connectivity index (χ3v) is 7.15. The highest BCUT2D eigenvalue weighted by Gasteiger charge is 2.36. The standard InChI is InChI=1S/C27H19Cl2N3O3S/c1-34-24-13-16(10-11-23(24)35-14-19-20(28)8-5-9-21(19)29)12-18-25(30)32-22(17-6-3-2-4-7-17)15-36-27(32)31-26(18)33/h2-13,15,30H,14H2,1H3/b18-12+,30-25?. The number of carbonyl (C=O) groups is 1. The summed E-state index contributed by atoms with van der Waals surface area (Å²) in [6.07, 6.45) is 1.63. The highest BCUT2D eigenvalue weighted by molar-refractivity contribution is 8.17. The number of fused-ring (bicyclic) bond motifs is 1. The molecule has 1 amide bonds. The second kappa shape index (κ2) is 10.2. The fourth-order valence-corrected chi connectivity index (χ4v) is 5.19. The number of aliphatic imine (C=N–C) groups is 1. The van der Waals surface area contributed by atoms with Gasteiger partial charge in [-0.25, -0.2) is 0 Å². The Kier molecular flexibility index (Phi) is 6.87. The summed E-state index contributed by atoms with van der Waals surface area (Å²) in [7, 11) is 1.53. The van der Waals surface area contributed by atoms with Crippen molar-refractivity contribution in [2.24, 2.45) is 4.99 Å². The molecule has 0 bridgehead atoms. The van der Waals surface area contributed by atoms with Crippen molar-refractivity contribution in [1.82, 2.24) is 4.90 Å². The van der Waals surface area contributed by atoms with Crippen LogP contribution in [-0.2, 0) is 11.4 Å². The number of ether oxygens (including phenoxy) is 2. The van der Waals surface area contributed by atoms with E-state index in [2.05, 4.69) is 4.99 Å². The first-order valence-electron chi connectivity index (χ1n) is 10.9. The molecule has 0 saturated heterocycles. The Bertz CT molecular complexity index is 1450. The fourth-order valence-electron chi connectivity index (χ4n) is 3.79. The van der Waals surface area contributed by atoms with E-state index in [1.54, 1.807) is 47.4 Å². The molecule has 0 atom stereocenters. The second-order valence-electron chi connectivity index (χ2n) is 7.83. The number of nitrogens with zero attached hydrogens (tertiary/aromatic N) is 2. The average Bonchev–Trinajstić information content (AvgIpc) is 3.31. The van der Waals surface area contributed by atoms with Gasteiger partial charge in [0.15, 0.2) is 16.7 Å². The first-order valence-corrected chi connectivity index (χ1v) is 12.5. The van der Waals surface area contributed by atoms with Crippen LogP contribution in [0, 0.1) is 5.41 Å². The smallest absolute Gasteiger partial charge is 0.283 e. The molecule has 0 saturated carbocycles. The minimum absolute atomic E-state index is 0.0674. The summed E-state index contributed by atoms with van der Waals surface area (Å²) in [5.41, 5.74) is 3.27. The molecule has 0 aromatic heterocycles. The Balaban J connectivity index is 1.41. The molecule has 0 aliphatic carbocycles. The maximum absolute atomic E-state index is 12.8. The third-order valence-electron chi connectivity index (χ3n) is 5.62. The summed E-state index contributed by atoms with van der Waals surface area (Å²) in [4.78, 5) is 18.7. The van der Waals surface area contributed by atoms with Gasteiger partial charge < -0.3 is 9.47 Å². The monoisotopic (exact) mass is 535 g/mol. The number of amides is 1. The normalized spacial score (nSPS) is 16.1. The zero-order valence-electron chi connectivity index (χ0n) is 19.0. The van der Waals surface area contributed by atoms with Crippen LogP contribution in [-0.4, -0.2) is 28.9 Å². The van der Waals surface area contributed by atoms with Crippen LogP contribution in [0.5, 0.6) is 11.5 Å². The minimum atomic E-state index is -0.464. The zero-order chi connectivity index (χ0) is 25.2. The molecule has 3 aromatic carbocycles. The van der Waals surface area contributed by atoms with Crippen molar-refractivity contribution in [3.05, 3.63) is 104 Å². The highest BCUT2D eigenvalue weighted by Crippen LogP contribution is 2.38. The Morgan fingerprint density at radius 3 is 2.50 bits per heavy atom. The third kappa shape index (κ3) is 4.65. The van der Waals surface area contributed by atoms with E-state index in [9.17, 15) is 4.79 Å². The first kappa shape index (κ1) is 24.2. The van der Waals surface area contributed by atoms with Gasteiger partial charge in [-0.15, -0.1) is 0 Å². The lowest BCUT2D eigenvalue weighted by atomic mass is 10.1. The lowest BCUT2D eigenvalue weighted by Crippen LogP contribution is -2.38. The fraction of sp³-hybridized carbons (Fsp3) is 0.0741. The van der Waals surface area contributed by atoms with Crippen LogP contribution < -0.4 is 9.47 Å². The molecule has 5 rings (SSSR count). The van der Waals surface area contributed by atoms with Crippen LogP contribution in [0.1, 0.15) is 16.7 Å². The molecule has 2 aliphatic rings. The van der Waals surface area contributed by atoms with Gasteiger partial charge in [-0.1, -0.05) is 77.4 Å². The molecule has 0 unspecified atom stereocenters. The molecule has 36 heavy (non-hydrogen) atoms. The van der Waals surface area contributed by atoms with Crippen LogP contribution in [0.2, 0.25) is 10.0 Å². The lowest BCUT2D eigenvalue weighted by Gasteiger charge is -2.27. The predicted octanol–water partition coefficient (Wildman–Crippen LogP) is 6.89. The summed E-state index contributed by atoms with van der Waals surface area (Å²) < 4.78 is 11.4. The van der Waals surface area contributed by atoms with Crippen molar-refractivity contribution in [1.29, 1.82) is 5.41 Å². The lowest BCUT2D eigenvalue weighted by molar-refractivity contribution is -0.114. The molecule has 2 aliphatic heterocycles. The quantitative estimate of drug-likeness (QED) is 0.348. The maximum atomic E-state index is 12.8. The molecule has 6 nitrogen and oxygen atoms in total. The molecule has 1 N–H and O–H groups in total. The van der Waals surface area contributed by atoms with E-state index in [1.807, 2.05) is 35.7 Å². The van der Waals surface area contributed by atoms with Crippen molar-refractivity contribution < 1.29 is 14.3 Å². The Labute approximate surface area is 222 Å². The summed E-state index contributed by atoms with van der Waals surface area (Å²) in [6, 6.07) is 20.2. The van der Waals surface area contributed by atoms with Crippen LogP contribution >= 0.6 is 35.0 Å². The van der Waals surface area contributed by atoms with E-state index in [-0.39, 0.29) is 18.0 Å². The van der Waals surface area contributed by atoms with Crippen molar-refractivity contribution in [3.8, 4) is 11.5 Å². The van der Waals surface area contributed by atoms with E-state index in [1.165, 1.54) is 18.9 Å². The molecule has 0 fully saturated rings. The molecule has 9 heteroatoms. The van der Waals surface area contributed by atoms with E-state index in [0.29, 0.717) is 37.8 Å². The van der Waals surface area contributed by atoms with Crippen molar-refractivity contribution in [2.45, 2.75) is 6.61 Å². The number of rotatable bonds is 6. The summed E-state index contributed by atoms with van der Waals surface area (Å²) >= 11 is 13.8. The molecule has 0 spiro atoms. The summed E-state index contributed by atoms with van der Waals surface area (Å²) in [5.74, 6) is 0.561. The number of thioether (sulfide) groups is 1. The van der Waals surface area contributed by atoms with Gasteiger partial charge in [0.1, 0.15) is 12.4 Å². The van der Waals surface area contributed by atoms with Gasteiger partial charge in [-0.05, 0) is 41.5 Å². The topological polar surface area (TPSA) is 75.0 Å². The van der Waals surface area contributed by atoms with E-state index in [0.717, 1.165) is 11.3 Å². The van der Waals surface area contributed by atoms with Crippen molar-refractivity contribution in [3.63, 3.8) is 0 Å². The van der Waals surface area contributed by atoms with Gasteiger partial charge in [0, 0.05) is 21.0 Å². The van der Waals surface area contributed by atoms with E-state index in [4.69, 9.17) is 38.1 Å². The predicted molar refractivity (Wildman–Crippen MR) is 146 cm³/mol. The number of hydrogen-bond acceptors (Lipinski definition) is 5. The number of benzene rings is 3. The van der Waals surface area contributed by atoms with Gasteiger partial charge in [0.25, 0.3) is 5.91 Å². The van der Waals surface area contributed by atoms with Gasteiger partial charge in [-0.3, -0.25) is 15.1 Å². The second-order valence-corrected chi connectivity index (χ2v) is 9.48. The van der Waals surface area contributed by atoms with Crippen LogP contribution in [0.15, 0.2) is 82.7 Å². The molecule has 180 valence electrons. The number of methoxy groups -OCH3 is 1. The maximum Gasteiger partial charge on any atom is 0.283 e. The van der Waals surface area contributed by atoms with Gasteiger partial charge in [-0.2, -0.15) is 4.99 Å². The SMILES string of the molecule is COc1cc(/C=C2\C(=N)N3C(c4ccccc4)=CSC3=NC2=O)ccc1OCc1c(Cl)cccc1Cl. The van der Waals surface area contributed by atoms with Crippen LogP contribution in [0.3, 0.4) is 0 Å². The number of carbonyl (C=O) groups excluding carboxylic acids is 1. The average molecular weight is 536 g/mol. The first-order chi connectivity index (χ1) is 17.5. The number of halogens is 2. The Morgan fingerprint density at radius 1 is 1.03 bits per heavy atom. The molecule has 2 heterocycles. The van der Waals surface area contributed by atoms with E-state index >= 15 is 0 Å².